The van der Waals surface area contributed by atoms with Gasteiger partial charge in [0.15, 0.2) is 0 Å². The third kappa shape index (κ3) is 3.97. The van der Waals surface area contributed by atoms with Crippen molar-refractivity contribution in [2.75, 3.05) is 4.90 Å². The highest BCUT2D eigenvalue weighted by atomic mass is 32.1. The molecule has 0 saturated carbocycles. The van der Waals surface area contributed by atoms with Gasteiger partial charge in [-0.15, -0.1) is 11.3 Å². The van der Waals surface area contributed by atoms with Crippen molar-refractivity contribution in [1.82, 2.24) is 4.98 Å². The number of fused-ring (bicyclic) bond motifs is 8. The number of nitrogens with zero attached hydrogens (tertiary/aromatic N) is 2. The van der Waals surface area contributed by atoms with Crippen LogP contribution in [0.25, 0.3) is 53.2 Å². The lowest BCUT2D eigenvalue weighted by Gasteiger charge is -2.28. The minimum atomic E-state index is -0.0917. The molecule has 0 spiro atoms. The van der Waals surface area contributed by atoms with Crippen LogP contribution < -0.4 is 4.90 Å². The zero-order chi connectivity index (χ0) is 30.1. The Morgan fingerprint density at radius 2 is 1.24 bits per heavy atom. The molecule has 6 aromatic carbocycles. The molecule has 0 radical (unpaired) electrons. The molecular weight excluding hydrogens is 565 g/mol. The third-order valence-electron chi connectivity index (χ3n) is 9.55. The van der Waals surface area contributed by atoms with Gasteiger partial charge in [0.25, 0.3) is 0 Å². The van der Waals surface area contributed by atoms with E-state index in [-0.39, 0.29) is 5.41 Å². The van der Waals surface area contributed by atoms with Gasteiger partial charge in [0.1, 0.15) is 0 Å². The summed E-state index contributed by atoms with van der Waals surface area (Å²) in [7, 11) is 0. The Hall–Kier alpha value is -5.25. The quantitative estimate of drug-likeness (QED) is 0.201. The van der Waals surface area contributed by atoms with Crippen LogP contribution in [-0.4, -0.2) is 4.98 Å². The zero-order valence-corrected chi connectivity index (χ0v) is 26.0. The minimum Gasteiger partial charge on any atom is -0.308 e. The van der Waals surface area contributed by atoms with E-state index >= 15 is 0 Å². The molecule has 0 fully saturated rings. The van der Waals surface area contributed by atoms with Crippen molar-refractivity contribution in [2.45, 2.75) is 19.3 Å². The Labute approximate surface area is 266 Å². The van der Waals surface area contributed by atoms with Gasteiger partial charge in [0, 0.05) is 38.5 Å². The van der Waals surface area contributed by atoms with Gasteiger partial charge < -0.3 is 4.90 Å². The average Bonchev–Trinajstić information content (AvgIpc) is 3.59. The molecule has 0 saturated heterocycles. The summed E-state index contributed by atoms with van der Waals surface area (Å²) >= 11 is 1.87. The van der Waals surface area contributed by atoms with Crippen LogP contribution in [0.15, 0.2) is 146 Å². The Balaban J connectivity index is 1.28. The molecule has 0 aliphatic heterocycles. The van der Waals surface area contributed by atoms with E-state index in [1.807, 2.05) is 23.7 Å². The number of aromatic nitrogens is 1. The van der Waals surface area contributed by atoms with Gasteiger partial charge in [-0.3, -0.25) is 4.98 Å². The Morgan fingerprint density at radius 1 is 0.533 bits per heavy atom. The molecule has 0 atom stereocenters. The number of thiophene rings is 1. The van der Waals surface area contributed by atoms with Gasteiger partial charge in [-0.05, 0) is 68.4 Å². The van der Waals surface area contributed by atoms with E-state index in [2.05, 4.69) is 152 Å². The van der Waals surface area contributed by atoms with E-state index in [4.69, 9.17) is 4.98 Å². The molecule has 2 nitrogen and oxygen atoms in total. The monoisotopic (exact) mass is 594 g/mol. The predicted molar refractivity (Wildman–Crippen MR) is 192 cm³/mol. The van der Waals surface area contributed by atoms with Crippen molar-refractivity contribution in [2.24, 2.45) is 0 Å². The number of rotatable bonds is 4. The number of hydrogen-bond acceptors (Lipinski definition) is 3. The van der Waals surface area contributed by atoms with Crippen LogP contribution in [0.4, 0.5) is 17.1 Å². The standard InChI is InChI=1S/C42H30N2S/c1-42(2)37-15-9-8-14-33(37)34-23-21-31(24-38(34)42)44(30-19-16-28(17-20-30)27-10-4-3-5-11-27)39-26-43-25-36-35-22-18-29-12-6-7-13-32(29)40(35)45-41(36)39/h3-26H,1-2H3. The maximum Gasteiger partial charge on any atom is 0.0824 e. The first kappa shape index (κ1) is 26.2. The van der Waals surface area contributed by atoms with Gasteiger partial charge in [-0.1, -0.05) is 123 Å². The van der Waals surface area contributed by atoms with Crippen LogP contribution in [0, 0.1) is 0 Å². The molecule has 1 aliphatic rings. The maximum absolute atomic E-state index is 4.85. The molecule has 0 bridgehead atoms. The van der Waals surface area contributed by atoms with Gasteiger partial charge in [-0.2, -0.15) is 0 Å². The number of anilines is 3. The van der Waals surface area contributed by atoms with Crippen molar-refractivity contribution in [3.05, 3.63) is 157 Å². The summed E-state index contributed by atoms with van der Waals surface area (Å²) in [6, 6.07) is 48.6. The molecule has 2 aromatic heterocycles. The molecule has 1 aliphatic carbocycles. The lowest BCUT2D eigenvalue weighted by molar-refractivity contribution is 0.660. The highest BCUT2D eigenvalue weighted by Crippen LogP contribution is 2.52. The smallest absolute Gasteiger partial charge is 0.0824 e. The summed E-state index contributed by atoms with van der Waals surface area (Å²) in [5.74, 6) is 0. The molecule has 0 amide bonds. The fourth-order valence-electron chi connectivity index (χ4n) is 7.26. The summed E-state index contributed by atoms with van der Waals surface area (Å²) in [5, 5.41) is 5.00. The normalized spacial score (nSPS) is 13.3. The second-order valence-corrected chi connectivity index (χ2v) is 13.5. The zero-order valence-electron chi connectivity index (χ0n) is 25.2. The lowest BCUT2D eigenvalue weighted by atomic mass is 9.82. The Morgan fingerprint density at radius 3 is 2.11 bits per heavy atom. The summed E-state index contributed by atoms with van der Waals surface area (Å²) < 4.78 is 2.55. The summed E-state index contributed by atoms with van der Waals surface area (Å²) in [6.07, 6.45) is 4.07. The Bertz CT molecular complexity index is 2400. The molecule has 214 valence electrons. The first-order valence-corrected chi connectivity index (χ1v) is 16.3. The van der Waals surface area contributed by atoms with Crippen molar-refractivity contribution >= 4 is 59.3 Å². The topological polar surface area (TPSA) is 16.1 Å². The average molecular weight is 595 g/mol. The highest BCUT2D eigenvalue weighted by molar-refractivity contribution is 7.27. The fourth-order valence-corrected chi connectivity index (χ4v) is 8.56. The van der Waals surface area contributed by atoms with E-state index in [9.17, 15) is 0 Å². The predicted octanol–water partition coefficient (Wildman–Crippen LogP) is 12.0. The second kappa shape index (κ2) is 9.88. The molecular formula is C42H30N2S. The number of benzene rings is 6. The first-order chi connectivity index (χ1) is 22.1. The SMILES string of the molecule is CC1(C)c2ccccc2-c2ccc(N(c3ccc(-c4ccccc4)cc3)c3cncc4c3sc3c5ccccc5ccc43)cc21. The van der Waals surface area contributed by atoms with E-state index in [0.29, 0.717) is 0 Å². The number of hydrogen-bond donors (Lipinski definition) is 0. The molecule has 9 rings (SSSR count). The van der Waals surface area contributed by atoms with Crippen molar-refractivity contribution in [1.29, 1.82) is 0 Å². The molecule has 0 unspecified atom stereocenters. The van der Waals surface area contributed by atoms with Crippen LogP contribution in [0.5, 0.6) is 0 Å². The van der Waals surface area contributed by atoms with Crippen LogP contribution in [-0.2, 0) is 5.41 Å². The second-order valence-electron chi connectivity index (χ2n) is 12.4. The molecule has 3 heteroatoms. The van der Waals surface area contributed by atoms with Crippen molar-refractivity contribution in [3.63, 3.8) is 0 Å². The van der Waals surface area contributed by atoms with Gasteiger partial charge in [0.2, 0.25) is 0 Å². The first-order valence-electron chi connectivity index (χ1n) is 15.5. The lowest BCUT2D eigenvalue weighted by Crippen LogP contribution is -2.16. The molecule has 45 heavy (non-hydrogen) atoms. The van der Waals surface area contributed by atoms with Crippen LogP contribution >= 0.6 is 11.3 Å². The number of pyridine rings is 1. The minimum absolute atomic E-state index is 0.0917. The highest BCUT2D eigenvalue weighted by Gasteiger charge is 2.35. The molecule has 8 aromatic rings. The van der Waals surface area contributed by atoms with Gasteiger partial charge in [0.05, 0.1) is 16.6 Å². The maximum atomic E-state index is 4.85. The molecule has 2 heterocycles. The van der Waals surface area contributed by atoms with Gasteiger partial charge in [-0.25, -0.2) is 0 Å². The van der Waals surface area contributed by atoms with E-state index in [1.54, 1.807) is 0 Å². The van der Waals surface area contributed by atoms with E-state index in [1.165, 1.54) is 64.3 Å². The van der Waals surface area contributed by atoms with Crippen LogP contribution in [0.3, 0.4) is 0 Å². The van der Waals surface area contributed by atoms with E-state index in [0.717, 1.165) is 17.1 Å². The van der Waals surface area contributed by atoms with Gasteiger partial charge >= 0.3 is 0 Å². The van der Waals surface area contributed by atoms with Crippen molar-refractivity contribution in [3.8, 4) is 22.3 Å². The summed E-state index contributed by atoms with van der Waals surface area (Å²) in [5.41, 5.74) is 11.1. The van der Waals surface area contributed by atoms with Crippen LogP contribution in [0.2, 0.25) is 0 Å². The van der Waals surface area contributed by atoms with E-state index < -0.39 is 0 Å². The molecule has 0 N–H and O–H groups in total. The van der Waals surface area contributed by atoms with Crippen molar-refractivity contribution < 1.29 is 0 Å². The largest absolute Gasteiger partial charge is 0.308 e. The summed E-state index contributed by atoms with van der Waals surface area (Å²) in [6.45, 7) is 4.69. The Kier molecular flexibility index (Phi) is 5.75. The summed E-state index contributed by atoms with van der Waals surface area (Å²) in [4.78, 5) is 7.25. The fraction of sp³-hybridized carbons (Fsp3) is 0.0714. The van der Waals surface area contributed by atoms with Crippen LogP contribution in [0.1, 0.15) is 25.0 Å². The third-order valence-corrected chi connectivity index (χ3v) is 10.8.